The maximum atomic E-state index is 11.3. The molecule has 0 unspecified atom stereocenters. The standard InChI is InChI=1S/C15H10N8O8Se/c24-20(25)11-2-1-10(14(6-11)23(30)31)7-19-15(16-17-18-19)32-8-9-3-12(21(26)27)5-13(4-9)22(28)29/h1-6H,7-8H2. The molecule has 0 radical (unpaired) electrons. The Morgan fingerprint density at radius 1 is 0.812 bits per heavy atom. The first-order chi connectivity index (χ1) is 15.2. The van der Waals surface area contributed by atoms with Crippen LogP contribution < -0.4 is 4.72 Å². The third-order valence-electron chi connectivity index (χ3n) is 4.05. The number of benzene rings is 2. The van der Waals surface area contributed by atoms with E-state index in [2.05, 4.69) is 15.5 Å². The van der Waals surface area contributed by atoms with Crippen LogP contribution in [0.25, 0.3) is 0 Å². The van der Waals surface area contributed by atoms with Gasteiger partial charge < -0.3 is 0 Å². The fourth-order valence-electron chi connectivity index (χ4n) is 2.63. The Morgan fingerprint density at radius 2 is 1.44 bits per heavy atom. The van der Waals surface area contributed by atoms with Gasteiger partial charge in [-0.2, -0.15) is 0 Å². The second-order valence-electron chi connectivity index (χ2n) is 6.11. The van der Waals surface area contributed by atoms with Gasteiger partial charge in [0.1, 0.15) is 0 Å². The van der Waals surface area contributed by atoms with Crippen molar-refractivity contribution in [1.82, 2.24) is 20.2 Å². The van der Waals surface area contributed by atoms with E-state index in [0.717, 1.165) is 18.2 Å². The van der Waals surface area contributed by atoms with E-state index in [1.165, 1.54) is 22.9 Å². The number of rotatable bonds is 9. The van der Waals surface area contributed by atoms with Gasteiger partial charge in [0, 0.05) is 0 Å². The van der Waals surface area contributed by atoms with E-state index in [4.69, 9.17) is 0 Å². The topological polar surface area (TPSA) is 216 Å². The minimum atomic E-state index is -0.750. The van der Waals surface area contributed by atoms with Crippen LogP contribution in [0.2, 0.25) is 0 Å². The molecule has 1 aromatic heterocycles. The van der Waals surface area contributed by atoms with Crippen LogP contribution in [0, 0.1) is 40.5 Å². The van der Waals surface area contributed by atoms with Crippen LogP contribution in [-0.4, -0.2) is 54.9 Å². The van der Waals surface area contributed by atoms with Crippen LogP contribution in [0.15, 0.2) is 36.4 Å². The number of non-ortho nitro benzene ring substituents is 3. The average Bonchev–Trinajstić information content (AvgIpc) is 3.18. The Bertz CT molecular complexity index is 1210. The summed E-state index contributed by atoms with van der Waals surface area (Å²) in [5.74, 6) is 0. The normalized spacial score (nSPS) is 10.6. The van der Waals surface area contributed by atoms with Crippen molar-refractivity contribution in [2.24, 2.45) is 0 Å². The molecule has 0 saturated heterocycles. The SMILES string of the molecule is O=[N+]([O-])c1cc(C[Se]c2nnnn2Cc2ccc([N+](=O)[O-])cc2[N+](=O)[O-])cc([N+](=O)[O-])c1. The monoisotopic (exact) mass is 510 g/mol. The summed E-state index contributed by atoms with van der Waals surface area (Å²) in [7, 11) is 0. The van der Waals surface area contributed by atoms with E-state index in [1.54, 1.807) is 0 Å². The van der Waals surface area contributed by atoms with Crippen molar-refractivity contribution in [3.63, 3.8) is 0 Å². The molecular formula is C15H10N8O8Se. The molecule has 3 rings (SSSR count). The van der Waals surface area contributed by atoms with Crippen LogP contribution in [0.5, 0.6) is 0 Å². The van der Waals surface area contributed by atoms with Crippen molar-refractivity contribution in [2.45, 2.75) is 11.9 Å². The number of nitro groups is 4. The van der Waals surface area contributed by atoms with Gasteiger partial charge in [0.15, 0.2) is 0 Å². The number of nitro benzene ring substituents is 4. The summed E-state index contributed by atoms with van der Waals surface area (Å²) < 4.78 is 1.58. The van der Waals surface area contributed by atoms with Gasteiger partial charge >= 0.3 is 182 Å². The van der Waals surface area contributed by atoms with E-state index in [-0.39, 0.29) is 17.4 Å². The van der Waals surface area contributed by atoms with E-state index in [9.17, 15) is 40.5 Å². The molecule has 0 aliphatic rings. The van der Waals surface area contributed by atoms with Crippen molar-refractivity contribution >= 4 is 42.4 Å². The fourth-order valence-corrected chi connectivity index (χ4v) is 4.32. The molecule has 2 aromatic carbocycles. The first kappa shape index (κ1) is 22.3. The molecule has 0 fully saturated rings. The van der Waals surface area contributed by atoms with Gasteiger partial charge in [-0.15, -0.1) is 0 Å². The summed E-state index contributed by atoms with van der Waals surface area (Å²) >= 11 is -0.540. The number of aromatic nitrogens is 4. The summed E-state index contributed by atoms with van der Waals surface area (Å²) in [6.07, 6.45) is 0. The van der Waals surface area contributed by atoms with E-state index >= 15 is 0 Å². The van der Waals surface area contributed by atoms with Crippen LogP contribution in [-0.2, 0) is 11.9 Å². The summed E-state index contributed by atoms with van der Waals surface area (Å²) in [6.45, 7) is -0.145. The second kappa shape index (κ2) is 9.19. The Labute approximate surface area is 182 Å². The Kier molecular flexibility index (Phi) is 6.41. The molecule has 0 N–H and O–H groups in total. The van der Waals surface area contributed by atoms with Crippen LogP contribution in [0.4, 0.5) is 22.7 Å². The third kappa shape index (κ3) is 5.02. The van der Waals surface area contributed by atoms with Gasteiger partial charge in [-0.3, -0.25) is 0 Å². The van der Waals surface area contributed by atoms with Crippen molar-refractivity contribution in [3.05, 3.63) is 88.0 Å². The van der Waals surface area contributed by atoms with Crippen molar-refractivity contribution in [2.75, 3.05) is 0 Å². The van der Waals surface area contributed by atoms with Gasteiger partial charge in [-0.1, -0.05) is 0 Å². The maximum absolute atomic E-state index is 11.3. The molecule has 0 aliphatic heterocycles. The summed E-state index contributed by atoms with van der Waals surface area (Å²) in [4.78, 5) is 41.3. The molecule has 32 heavy (non-hydrogen) atoms. The molecule has 0 spiro atoms. The van der Waals surface area contributed by atoms with Gasteiger partial charge in [0.25, 0.3) is 0 Å². The number of hydrogen-bond acceptors (Lipinski definition) is 11. The molecule has 1 heterocycles. The van der Waals surface area contributed by atoms with E-state index in [0.29, 0.717) is 10.3 Å². The molecule has 0 amide bonds. The molecule has 0 atom stereocenters. The zero-order valence-electron chi connectivity index (χ0n) is 15.6. The van der Waals surface area contributed by atoms with E-state index in [1.807, 2.05) is 0 Å². The van der Waals surface area contributed by atoms with Gasteiger partial charge in [0.2, 0.25) is 0 Å². The Balaban J connectivity index is 1.83. The van der Waals surface area contributed by atoms with Crippen molar-refractivity contribution in [1.29, 1.82) is 0 Å². The predicted molar refractivity (Wildman–Crippen MR) is 106 cm³/mol. The molecule has 17 heteroatoms. The molecule has 164 valence electrons. The van der Waals surface area contributed by atoms with E-state index < -0.39 is 57.4 Å². The number of hydrogen-bond donors (Lipinski definition) is 0. The summed E-state index contributed by atoms with van der Waals surface area (Å²) in [6, 6.07) is 6.48. The van der Waals surface area contributed by atoms with Crippen molar-refractivity contribution < 1.29 is 19.7 Å². The summed E-state index contributed by atoms with van der Waals surface area (Å²) in [5, 5.41) is 55.6. The zero-order valence-corrected chi connectivity index (χ0v) is 17.3. The Morgan fingerprint density at radius 3 is 2.00 bits per heavy atom. The van der Waals surface area contributed by atoms with Crippen LogP contribution >= 0.6 is 0 Å². The van der Waals surface area contributed by atoms with Gasteiger partial charge in [-0.25, -0.2) is 0 Å². The third-order valence-corrected chi connectivity index (χ3v) is 6.20. The first-order valence-electron chi connectivity index (χ1n) is 8.39. The fraction of sp³-hybridized carbons (Fsp3) is 0.133. The number of nitrogens with zero attached hydrogens (tertiary/aromatic N) is 8. The quantitative estimate of drug-likeness (QED) is 0.224. The van der Waals surface area contributed by atoms with Gasteiger partial charge in [0.05, 0.1) is 0 Å². The average molecular weight is 509 g/mol. The molecule has 16 nitrogen and oxygen atoms in total. The second-order valence-corrected chi connectivity index (χ2v) is 8.08. The molecule has 0 bridgehead atoms. The zero-order chi connectivity index (χ0) is 23.4. The predicted octanol–water partition coefficient (Wildman–Crippen LogP) is 0.884. The molecule has 0 saturated carbocycles. The number of tetrazole rings is 1. The minimum absolute atomic E-state index is 0.135. The van der Waals surface area contributed by atoms with Crippen LogP contribution in [0.3, 0.4) is 0 Å². The first-order valence-corrected chi connectivity index (χ1v) is 10.5. The Hall–Kier alpha value is -4.37. The van der Waals surface area contributed by atoms with Crippen LogP contribution in [0.1, 0.15) is 11.1 Å². The molecule has 3 aromatic rings. The summed E-state index contributed by atoms with van der Waals surface area (Å²) in [5.41, 5.74) is -1.29. The molecular weight excluding hydrogens is 499 g/mol. The molecule has 0 aliphatic carbocycles. The van der Waals surface area contributed by atoms with Gasteiger partial charge in [-0.05, 0) is 0 Å². The van der Waals surface area contributed by atoms with Crippen molar-refractivity contribution in [3.8, 4) is 0 Å².